The average molecular weight is 272 g/mol. The van der Waals surface area contributed by atoms with E-state index >= 15 is 0 Å². The molecular formula is C13H24N2O2S. The van der Waals surface area contributed by atoms with Gasteiger partial charge in [0.15, 0.2) is 0 Å². The number of amides is 1. The monoisotopic (exact) mass is 272 g/mol. The van der Waals surface area contributed by atoms with Gasteiger partial charge >= 0.3 is 0 Å². The number of rotatable bonds is 4. The van der Waals surface area contributed by atoms with Crippen LogP contribution in [0.1, 0.15) is 25.7 Å². The van der Waals surface area contributed by atoms with E-state index in [2.05, 4.69) is 5.32 Å². The maximum atomic E-state index is 12.0. The van der Waals surface area contributed by atoms with E-state index < -0.39 is 0 Å². The summed E-state index contributed by atoms with van der Waals surface area (Å²) < 4.78 is 5.78. The van der Waals surface area contributed by atoms with Crippen molar-refractivity contribution in [1.82, 2.24) is 10.2 Å². The Bertz CT molecular complexity index is 249. The molecule has 1 N–H and O–H groups in total. The Hall–Kier alpha value is -0.260. The first-order valence-electron chi connectivity index (χ1n) is 7.04. The second-order valence-corrected chi connectivity index (χ2v) is 6.14. The summed E-state index contributed by atoms with van der Waals surface area (Å²) in [5.41, 5.74) is 0. The van der Waals surface area contributed by atoms with E-state index in [0.717, 1.165) is 51.2 Å². The van der Waals surface area contributed by atoms with E-state index in [-0.39, 0.29) is 5.91 Å². The van der Waals surface area contributed by atoms with Crippen LogP contribution in [0.4, 0.5) is 0 Å². The Morgan fingerprint density at radius 1 is 1.28 bits per heavy atom. The Labute approximate surface area is 114 Å². The van der Waals surface area contributed by atoms with Crippen molar-refractivity contribution in [3.8, 4) is 0 Å². The molecule has 18 heavy (non-hydrogen) atoms. The van der Waals surface area contributed by atoms with E-state index in [1.54, 1.807) is 0 Å². The maximum Gasteiger partial charge on any atom is 0.224 e. The van der Waals surface area contributed by atoms with Gasteiger partial charge in [0, 0.05) is 18.8 Å². The lowest BCUT2D eigenvalue weighted by atomic mass is 10.1. The highest BCUT2D eigenvalue weighted by molar-refractivity contribution is 7.99. The molecule has 0 bridgehead atoms. The van der Waals surface area contributed by atoms with Gasteiger partial charge in [0.05, 0.1) is 19.1 Å². The molecule has 0 aliphatic carbocycles. The van der Waals surface area contributed by atoms with E-state index in [4.69, 9.17) is 4.74 Å². The third-order valence-corrected chi connectivity index (χ3v) is 4.58. The van der Waals surface area contributed by atoms with E-state index in [1.807, 2.05) is 16.7 Å². The number of carbonyl (C=O) groups is 1. The minimum Gasteiger partial charge on any atom is -0.378 e. The first-order chi connectivity index (χ1) is 8.86. The van der Waals surface area contributed by atoms with Crippen molar-refractivity contribution >= 4 is 17.7 Å². The number of ether oxygens (including phenoxy) is 1. The summed E-state index contributed by atoms with van der Waals surface area (Å²) in [6, 6.07) is 0. The van der Waals surface area contributed by atoms with Crippen LogP contribution in [-0.4, -0.2) is 61.2 Å². The molecule has 4 nitrogen and oxygen atoms in total. The summed E-state index contributed by atoms with van der Waals surface area (Å²) in [6.07, 6.45) is 4.20. The van der Waals surface area contributed by atoms with Crippen LogP contribution in [-0.2, 0) is 9.53 Å². The fourth-order valence-corrected chi connectivity index (χ4v) is 3.32. The van der Waals surface area contributed by atoms with Crippen LogP contribution in [0.25, 0.3) is 0 Å². The molecule has 2 rings (SSSR count). The first kappa shape index (κ1) is 14.2. The molecule has 1 amide bonds. The number of nitrogens with one attached hydrogen (secondary N) is 1. The summed E-state index contributed by atoms with van der Waals surface area (Å²) in [4.78, 5) is 14.0. The smallest absolute Gasteiger partial charge is 0.224 e. The molecular weight excluding hydrogens is 248 g/mol. The summed E-state index contributed by atoms with van der Waals surface area (Å²) in [7, 11) is 0. The van der Waals surface area contributed by atoms with Gasteiger partial charge in [-0.05, 0) is 38.1 Å². The molecule has 5 heteroatoms. The minimum atomic E-state index is 0.270. The van der Waals surface area contributed by atoms with Crippen molar-refractivity contribution in [2.45, 2.75) is 31.8 Å². The number of hydrogen-bond acceptors (Lipinski definition) is 4. The summed E-state index contributed by atoms with van der Waals surface area (Å²) in [5.74, 6) is 2.54. The summed E-state index contributed by atoms with van der Waals surface area (Å²) >= 11 is 1.95. The van der Waals surface area contributed by atoms with Gasteiger partial charge in [0.25, 0.3) is 0 Å². The lowest BCUT2D eigenvalue weighted by Crippen LogP contribution is -2.35. The van der Waals surface area contributed by atoms with E-state index in [9.17, 15) is 4.79 Å². The highest BCUT2D eigenvalue weighted by Crippen LogP contribution is 2.12. The largest absolute Gasteiger partial charge is 0.378 e. The SMILES string of the molecule is O=C(CCOC1CCNCC1)N1CCCSCC1. The lowest BCUT2D eigenvalue weighted by Gasteiger charge is -2.24. The zero-order valence-corrected chi connectivity index (χ0v) is 11.8. The number of thioether (sulfide) groups is 1. The average Bonchev–Trinajstić information content (AvgIpc) is 2.69. The third-order valence-electron chi connectivity index (χ3n) is 3.53. The molecule has 0 saturated carbocycles. The van der Waals surface area contributed by atoms with Crippen LogP contribution in [0.15, 0.2) is 0 Å². The van der Waals surface area contributed by atoms with Crippen LogP contribution in [0, 0.1) is 0 Å². The van der Waals surface area contributed by atoms with Crippen molar-refractivity contribution in [3.63, 3.8) is 0 Å². The van der Waals surface area contributed by atoms with Gasteiger partial charge in [0.1, 0.15) is 0 Å². The number of carbonyl (C=O) groups excluding carboxylic acids is 1. The van der Waals surface area contributed by atoms with Crippen molar-refractivity contribution in [2.75, 3.05) is 44.3 Å². The Morgan fingerprint density at radius 3 is 2.94 bits per heavy atom. The summed E-state index contributed by atoms with van der Waals surface area (Å²) in [5, 5.41) is 3.32. The van der Waals surface area contributed by atoms with Gasteiger partial charge in [-0.2, -0.15) is 11.8 Å². The van der Waals surface area contributed by atoms with E-state index in [1.165, 1.54) is 5.75 Å². The van der Waals surface area contributed by atoms with Gasteiger partial charge in [-0.25, -0.2) is 0 Å². The first-order valence-corrected chi connectivity index (χ1v) is 8.19. The molecule has 2 aliphatic heterocycles. The van der Waals surface area contributed by atoms with E-state index in [0.29, 0.717) is 19.1 Å². The fraction of sp³-hybridized carbons (Fsp3) is 0.923. The quantitative estimate of drug-likeness (QED) is 0.832. The van der Waals surface area contributed by atoms with Gasteiger partial charge in [-0.15, -0.1) is 0 Å². The Balaban J connectivity index is 1.61. The van der Waals surface area contributed by atoms with Gasteiger partial charge in [-0.1, -0.05) is 0 Å². The van der Waals surface area contributed by atoms with Crippen molar-refractivity contribution in [2.24, 2.45) is 0 Å². The van der Waals surface area contributed by atoms with Crippen LogP contribution in [0.3, 0.4) is 0 Å². The second-order valence-electron chi connectivity index (χ2n) is 4.92. The minimum absolute atomic E-state index is 0.270. The van der Waals surface area contributed by atoms with Crippen molar-refractivity contribution in [3.05, 3.63) is 0 Å². The molecule has 0 aromatic carbocycles. The van der Waals surface area contributed by atoms with Crippen LogP contribution in [0.5, 0.6) is 0 Å². The molecule has 0 aromatic rings. The standard InChI is InChI=1S/C13H24N2O2S/c16-13(15-7-1-10-18-11-8-15)4-9-17-12-2-5-14-6-3-12/h12,14H,1-11H2. The number of hydrogen-bond donors (Lipinski definition) is 1. The van der Waals surface area contributed by atoms with Crippen molar-refractivity contribution in [1.29, 1.82) is 0 Å². The molecule has 0 unspecified atom stereocenters. The predicted octanol–water partition coefficient (Wildman–Crippen LogP) is 1.11. The molecule has 2 heterocycles. The molecule has 2 aliphatic rings. The van der Waals surface area contributed by atoms with Crippen LogP contribution < -0.4 is 5.32 Å². The second kappa shape index (κ2) is 8.02. The number of nitrogens with zero attached hydrogens (tertiary/aromatic N) is 1. The molecule has 0 spiro atoms. The molecule has 0 atom stereocenters. The lowest BCUT2D eigenvalue weighted by molar-refractivity contribution is -0.132. The topological polar surface area (TPSA) is 41.6 Å². The number of piperidine rings is 1. The zero-order valence-electron chi connectivity index (χ0n) is 11.0. The van der Waals surface area contributed by atoms with Crippen LogP contribution >= 0.6 is 11.8 Å². The van der Waals surface area contributed by atoms with Gasteiger partial charge < -0.3 is 15.0 Å². The fourth-order valence-electron chi connectivity index (χ4n) is 2.43. The highest BCUT2D eigenvalue weighted by atomic mass is 32.2. The Morgan fingerprint density at radius 2 is 2.11 bits per heavy atom. The zero-order chi connectivity index (χ0) is 12.6. The summed E-state index contributed by atoms with van der Waals surface area (Å²) in [6.45, 7) is 4.52. The Kier molecular flexibility index (Phi) is 6.31. The third kappa shape index (κ3) is 4.78. The normalized spacial score (nSPS) is 22.8. The maximum absolute atomic E-state index is 12.0. The van der Waals surface area contributed by atoms with Crippen molar-refractivity contribution < 1.29 is 9.53 Å². The van der Waals surface area contributed by atoms with Crippen LogP contribution in [0.2, 0.25) is 0 Å². The highest BCUT2D eigenvalue weighted by Gasteiger charge is 2.17. The van der Waals surface area contributed by atoms with Gasteiger partial charge in [-0.3, -0.25) is 4.79 Å². The molecule has 104 valence electrons. The van der Waals surface area contributed by atoms with Gasteiger partial charge in [0.2, 0.25) is 5.91 Å². The molecule has 2 saturated heterocycles. The molecule has 0 aromatic heterocycles. The molecule has 0 radical (unpaired) electrons. The predicted molar refractivity (Wildman–Crippen MR) is 75.0 cm³/mol. The molecule has 2 fully saturated rings.